The number of nitrogens with zero attached hydrogens (tertiary/aromatic N) is 3. The standard InChI is InChI=1S/C23H26FN5O2.ClH/c24-19-11-5-4-7-16(19)12-13-20(25)22(30)29-14-6-10-18(29)15-26-23-27-21(28-31-23)17-8-2-1-3-9-17;/h1-5,7-9,11,18,20H,6,10,12-15,25H2,(H,26,27,28);1H/t18-,20?;/m0./s1. The molecule has 7 nitrogen and oxygen atoms in total. The highest BCUT2D eigenvalue weighted by Gasteiger charge is 2.31. The van der Waals surface area contributed by atoms with Crippen molar-refractivity contribution in [1.82, 2.24) is 15.0 Å². The van der Waals surface area contributed by atoms with Crippen molar-refractivity contribution in [3.63, 3.8) is 0 Å². The van der Waals surface area contributed by atoms with Crippen molar-refractivity contribution in [3.05, 3.63) is 66.0 Å². The van der Waals surface area contributed by atoms with Gasteiger partial charge in [-0.15, -0.1) is 12.4 Å². The van der Waals surface area contributed by atoms with Crippen LogP contribution < -0.4 is 11.1 Å². The Morgan fingerprint density at radius 2 is 1.97 bits per heavy atom. The number of aromatic nitrogens is 2. The number of carbonyl (C=O) groups is 1. The number of rotatable bonds is 8. The van der Waals surface area contributed by atoms with Gasteiger partial charge in [-0.25, -0.2) is 4.39 Å². The van der Waals surface area contributed by atoms with Crippen LogP contribution >= 0.6 is 12.4 Å². The van der Waals surface area contributed by atoms with Crippen molar-refractivity contribution in [3.8, 4) is 11.4 Å². The molecule has 0 bridgehead atoms. The molecule has 32 heavy (non-hydrogen) atoms. The fourth-order valence-corrected chi connectivity index (χ4v) is 3.89. The van der Waals surface area contributed by atoms with Crippen LogP contribution in [0.3, 0.4) is 0 Å². The highest BCUT2D eigenvalue weighted by molar-refractivity contribution is 5.85. The lowest BCUT2D eigenvalue weighted by molar-refractivity contribution is -0.133. The van der Waals surface area contributed by atoms with Gasteiger partial charge in [-0.05, 0) is 37.3 Å². The molecule has 9 heteroatoms. The third kappa shape index (κ3) is 5.63. The van der Waals surface area contributed by atoms with Gasteiger partial charge in [0.2, 0.25) is 11.7 Å². The highest BCUT2D eigenvalue weighted by Crippen LogP contribution is 2.21. The van der Waals surface area contributed by atoms with Gasteiger partial charge < -0.3 is 20.5 Å². The van der Waals surface area contributed by atoms with Crippen LogP contribution in [0.15, 0.2) is 59.1 Å². The number of benzene rings is 2. The molecule has 2 atom stereocenters. The maximum atomic E-state index is 13.8. The highest BCUT2D eigenvalue weighted by atomic mass is 35.5. The van der Waals surface area contributed by atoms with E-state index in [9.17, 15) is 9.18 Å². The number of nitrogens with two attached hydrogens (primary N) is 1. The molecule has 1 aliphatic rings. The first-order chi connectivity index (χ1) is 15.1. The van der Waals surface area contributed by atoms with Crippen LogP contribution in [-0.2, 0) is 11.2 Å². The molecular formula is C23H27ClFN5O2. The molecular weight excluding hydrogens is 433 g/mol. The summed E-state index contributed by atoms with van der Waals surface area (Å²) >= 11 is 0. The van der Waals surface area contributed by atoms with Crippen LogP contribution in [0.25, 0.3) is 11.4 Å². The summed E-state index contributed by atoms with van der Waals surface area (Å²) in [6.07, 6.45) is 2.62. The number of anilines is 1. The van der Waals surface area contributed by atoms with Crippen molar-refractivity contribution >= 4 is 24.3 Å². The average molecular weight is 460 g/mol. The number of halogens is 2. The van der Waals surface area contributed by atoms with Gasteiger partial charge in [-0.1, -0.05) is 53.7 Å². The molecule has 1 amide bonds. The number of hydrogen-bond acceptors (Lipinski definition) is 6. The molecule has 1 unspecified atom stereocenters. The van der Waals surface area contributed by atoms with E-state index in [-0.39, 0.29) is 30.2 Å². The van der Waals surface area contributed by atoms with Gasteiger partial charge in [0.05, 0.1) is 6.04 Å². The number of nitrogens with one attached hydrogen (secondary N) is 1. The van der Waals surface area contributed by atoms with Gasteiger partial charge in [-0.2, -0.15) is 4.98 Å². The fourth-order valence-electron chi connectivity index (χ4n) is 3.89. The molecule has 170 valence electrons. The minimum absolute atomic E-state index is 0. The fraction of sp³-hybridized carbons (Fsp3) is 0.348. The lowest BCUT2D eigenvalue weighted by atomic mass is 10.0. The Balaban J connectivity index is 0.00000289. The minimum Gasteiger partial charge on any atom is -0.337 e. The number of amides is 1. The van der Waals surface area contributed by atoms with E-state index < -0.39 is 6.04 Å². The van der Waals surface area contributed by atoms with Gasteiger partial charge in [0.1, 0.15) is 5.82 Å². The maximum Gasteiger partial charge on any atom is 0.321 e. The number of likely N-dealkylation sites (tertiary alicyclic amines) is 1. The van der Waals surface area contributed by atoms with Crippen LogP contribution in [0.1, 0.15) is 24.8 Å². The van der Waals surface area contributed by atoms with Crippen molar-refractivity contribution in [1.29, 1.82) is 0 Å². The summed E-state index contributed by atoms with van der Waals surface area (Å²) in [5, 5.41) is 7.14. The molecule has 2 heterocycles. The second kappa shape index (κ2) is 11.1. The largest absolute Gasteiger partial charge is 0.337 e. The first-order valence-electron chi connectivity index (χ1n) is 10.5. The SMILES string of the molecule is Cl.NC(CCc1ccccc1F)C(=O)N1CCC[C@H]1CNc1nc(-c2ccccc2)no1. The van der Waals surface area contributed by atoms with E-state index in [1.54, 1.807) is 18.2 Å². The summed E-state index contributed by atoms with van der Waals surface area (Å²) in [6.45, 7) is 1.17. The smallest absolute Gasteiger partial charge is 0.321 e. The molecule has 4 rings (SSSR count). The monoisotopic (exact) mass is 459 g/mol. The van der Waals surface area contributed by atoms with Crippen molar-refractivity contribution in [2.75, 3.05) is 18.4 Å². The zero-order valence-corrected chi connectivity index (χ0v) is 18.4. The van der Waals surface area contributed by atoms with Crippen molar-refractivity contribution < 1.29 is 13.7 Å². The number of carbonyl (C=O) groups excluding carboxylic acids is 1. The van der Waals surface area contributed by atoms with E-state index in [1.165, 1.54) is 6.07 Å². The second-order valence-corrected chi connectivity index (χ2v) is 7.73. The predicted octanol–water partition coefficient (Wildman–Crippen LogP) is 3.66. The van der Waals surface area contributed by atoms with E-state index in [0.29, 0.717) is 43.3 Å². The Hall–Kier alpha value is -2.97. The van der Waals surface area contributed by atoms with E-state index in [2.05, 4.69) is 15.5 Å². The van der Waals surface area contributed by atoms with E-state index in [4.69, 9.17) is 10.3 Å². The third-order valence-electron chi connectivity index (χ3n) is 5.61. The number of hydrogen-bond donors (Lipinski definition) is 2. The molecule has 0 spiro atoms. The summed E-state index contributed by atoms with van der Waals surface area (Å²) in [5.74, 6) is 0.147. The Kier molecular flexibility index (Phi) is 8.19. The first kappa shape index (κ1) is 23.7. The molecule has 1 fully saturated rings. The Bertz CT molecular complexity index is 1020. The summed E-state index contributed by atoms with van der Waals surface area (Å²) in [7, 11) is 0. The minimum atomic E-state index is -0.659. The average Bonchev–Trinajstić information content (AvgIpc) is 3.46. The molecule has 1 saturated heterocycles. The van der Waals surface area contributed by atoms with Gasteiger partial charge >= 0.3 is 6.01 Å². The topological polar surface area (TPSA) is 97.3 Å². The van der Waals surface area contributed by atoms with Crippen molar-refractivity contribution in [2.24, 2.45) is 5.73 Å². The predicted molar refractivity (Wildman–Crippen MR) is 123 cm³/mol. The third-order valence-corrected chi connectivity index (χ3v) is 5.61. The molecule has 0 saturated carbocycles. The van der Waals surface area contributed by atoms with Crippen LogP contribution in [0.4, 0.5) is 10.4 Å². The van der Waals surface area contributed by atoms with Gasteiger partial charge in [0, 0.05) is 24.7 Å². The van der Waals surface area contributed by atoms with Gasteiger partial charge in [0.15, 0.2) is 0 Å². The van der Waals surface area contributed by atoms with Crippen LogP contribution in [-0.4, -0.2) is 46.1 Å². The summed E-state index contributed by atoms with van der Waals surface area (Å²) in [4.78, 5) is 19.1. The molecule has 3 N–H and O–H groups in total. The maximum absolute atomic E-state index is 13.8. The summed E-state index contributed by atoms with van der Waals surface area (Å²) in [5.41, 5.74) is 7.61. The van der Waals surface area contributed by atoms with Gasteiger partial charge in [-0.3, -0.25) is 4.79 Å². The number of aryl methyl sites for hydroxylation is 1. The van der Waals surface area contributed by atoms with Crippen LogP contribution in [0.2, 0.25) is 0 Å². The van der Waals surface area contributed by atoms with E-state index in [1.807, 2.05) is 35.2 Å². The molecule has 1 aliphatic heterocycles. The zero-order chi connectivity index (χ0) is 21.6. The van der Waals surface area contributed by atoms with Crippen LogP contribution in [0, 0.1) is 5.82 Å². The zero-order valence-electron chi connectivity index (χ0n) is 17.6. The molecule has 1 aromatic heterocycles. The second-order valence-electron chi connectivity index (χ2n) is 7.73. The van der Waals surface area contributed by atoms with Gasteiger partial charge in [0.25, 0.3) is 0 Å². The summed E-state index contributed by atoms with van der Waals surface area (Å²) < 4.78 is 19.1. The van der Waals surface area contributed by atoms with E-state index in [0.717, 1.165) is 18.4 Å². The van der Waals surface area contributed by atoms with Crippen molar-refractivity contribution in [2.45, 2.75) is 37.8 Å². The lowest BCUT2D eigenvalue weighted by Gasteiger charge is -2.27. The molecule has 3 aromatic rings. The quantitative estimate of drug-likeness (QED) is 0.533. The Morgan fingerprint density at radius 3 is 2.75 bits per heavy atom. The molecule has 0 radical (unpaired) electrons. The lowest BCUT2D eigenvalue weighted by Crippen LogP contribution is -2.48. The van der Waals surface area contributed by atoms with E-state index >= 15 is 0 Å². The normalized spacial score (nSPS) is 16.4. The van der Waals surface area contributed by atoms with Crippen LogP contribution in [0.5, 0.6) is 0 Å². The molecule has 2 aromatic carbocycles. The molecule has 0 aliphatic carbocycles. The first-order valence-corrected chi connectivity index (χ1v) is 10.5. The summed E-state index contributed by atoms with van der Waals surface area (Å²) in [6, 6.07) is 15.8. The Morgan fingerprint density at radius 1 is 1.22 bits per heavy atom. The Labute approximate surface area is 192 Å².